The smallest absolute Gasteiger partial charge is 0.421 e. The molecule has 1 aromatic rings. The summed E-state index contributed by atoms with van der Waals surface area (Å²) in [5.41, 5.74) is 0. The molecular formula is C14H11F5O8S. The van der Waals surface area contributed by atoms with Crippen molar-refractivity contribution in [2.75, 3.05) is 6.61 Å². The van der Waals surface area contributed by atoms with Crippen LogP contribution in [0.1, 0.15) is 0 Å². The van der Waals surface area contributed by atoms with Crippen LogP contribution in [0.5, 0.6) is 5.75 Å². The second-order valence-corrected chi connectivity index (χ2v) is 6.39. The number of para-hydroxylation sites is 1. The fourth-order valence-corrected chi connectivity index (χ4v) is 1.70. The molecule has 0 aromatic heterocycles. The van der Waals surface area contributed by atoms with Gasteiger partial charge >= 0.3 is 39.3 Å². The Bertz CT molecular complexity index is 837. The summed E-state index contributed by atoms with van der Waals surface area (Å²) in [7, 11) is -6.23. The van der Waals surface area contributed by atoms with Crippen molar-refractivity contribution in [3.05, 3.63) is 43.0 Å². The molecule has 0 fully saturated rings. The molecule has 0 aliphatic rings. The Morgan fingerprint density at radius 2 is 1.64 bits per heavy atom. The van der Waals surface area contributed by atoms with Crippen LogP contribution in [0, 0.1) is 0 Å². The van der Waals surface area contributed by atoms with Crippen molar-refractivity contribution in [3.63, 3.8) is 0 Å². The molecule has 1 unspecified atom stereocenters. The van der Waals surface area contributed by atoms with E-state index in [-0.39, 0.29) is 6.08 Å². The van der Waals surface area contributed by atoms with Crippen LogP contribution < -0.4 is 4.74 Å². The summed E-state index contributed by atoms with van der Waals surface area (Å²) in [6, 6.07) is 5.87. The van der Waals surface area contributed by atoms with Crippen molar-refractivity contribution in [2.24, 2.45) is 0 Å². The first-order valence-corrected chi connectivity index (χ1v) is 8.28. The third-order valence-electron chi connectivity index (χ3n) is 2.83. The van der Waals surface area contributed by atoms with Crippen LogP contribution in [-0.2, 0) is 29.2 Å². The summed E-state index contributed by atoms with van der Waals surface area (Å²) in [6.07, 6.45) is -5.85. The molecule has 1 rings (SSSR count). The van der Waals surface area contributed by atoms with Crippen LogP contribution >= 0.6 is 0 Å². The van der Waals surface area contributed by atoms with E-state index >= 15 is 0 Å². The van der Waals surface area contributed by atoms with Gasteiger partial charge < -0.3 is 14.2 Å². The summed E-state index contributed by atoms with van der Waals surface area (Å²) >= 11 is 0. The molecule has 0 saturated carbocycles. The quantitative estimate of drug-likeness (QED) is 0.165. The summed E-state index contributed by atoms with van der Waals surface area (Å²) < 4.78 is 109. The maximum Gasteiger partial charge on any atom is 0.468 e. The predicted octanol–water partition coefficient (Wildman–Crippen LogP) is 2.08. The van der Waals surface area contributed by atoms with Crippen LogP contribution in [0.15, 0.2) is 43.0 Å². The number of carbonyl (C=O) groups is 2. The lowest BCUT2D eigenvalue weighted by Crippen LogP contribution is -2.60. The van der Waals surface area contributed by atoms with Crippen LogP contribution in [0.2, 0.25) is 0 Å². The minimum atomic E-state index is -6.23. The first-order valence-electron chi connectivity index (χ1n) is 6.84. The number of hydrogen-bond donors (Lipinski definition) is 1. The number of ether oxygens (including phenoxy) is 3. The van der Waals surface area contributed by atoms with E-state index in [4.69, 9.17) is 4.55 Å². The molecule has 0 aliphatic carbocycles. The van der Waals surface area contributed by atoms with Crippen LogP contribution in [0.4, 0.5) is 22.0 Å². The number of benzene rings is 1. The Morgan fingerprint density at radius 3 is 2.07 bits per heavy atom. The summed E-state index contributed by atoms with van der Waals surface area (Å²) in [5, 5.41) is -5.28. The minimum absolute atomic E-state index is 0.153. The van der Waals surface area contributed by atoms with Gasteiger partial charge in [-0.25, -0.2) is 9.59 Å². The first-order chi connectivity index (χ1) is 12.7. The van der Waals surface area contributed by atoms with Crippen LogP contribution in [-0.4, -0.2) is 48.7 Å². The van der Waals surface area contributed by atoms with Crippen molar-refractivity contribution >= 4 is 22.1 Å². The Kier molecular flexibility index (Phi) is 6.87. The van der Waals surface area contributed by atoms with Crippen molar-refractivity contribution in [1.29, 1.82) is 0 Å². The second-order valence-electron chi connectivity index (χ2n) is 4.84. The van der Waals surface area contributed by atoms with Gasteiger partial charge in [-0.2, -0.15) is 30.4 Å². The van der Waals surface area contributed by atoms with Gasteiger partial charge in [-0.3, -0.25) is 4.55 Å². The molecule has 1 atom stereocenters. The van der Waals surface area contributed by atoms with E-state index in [1.165, 1.54) is 18.2 Å². The molecule has 8 nitrogen and oxygen atoms in total. The average Bonchev–Trinajstić information content (AvgIpc) is 2.57. The van der Waals surface area contributed by atoms with Gasteiger partial charge in [0.15, 0.2) is 0 Å². The number of hydrogen-bond acceptors (Lipinski definition) is 7. The Morgan fingerprint density at radius 1 is 1.11 bits per heavy atom. The van der Waals surface area contributed by atoms with Gasteiger partial charge in [0.05, 0.1) is 0 Å². The maximum absolute atomic E-state index is 13.5. The highest BCUT2D eigenvalue weighted by Crippen LogP contribution is 2.38. The molecule has 0 aliphatic heterocycles. The van der Waals surface area contributed by atoms with Gasteiger partial charge in [0.2, 0.25) is 0 Å². The van der Waals surface area contributed by atoms with Gasteiger partial charge in [0, 0.05) is 6.08 Å². The molecule has 1 aromatic carbocycles. The standard InChI is InChI=1S/C14H11F5O8S/c1-2-10(20)27-13(14(17,18)19,25-8-12(15,16)28(22,23)24)11(21)26-9-6-4-3-5-7-9/h2-7H,1,8H2,(H,22,23,24). The molecule has 156 valence electrons. The number of rotatable bonds is 8. The summed E-state index contributed by atoms with van der Waals surface area (Å²) in [6.45, 7) is 0.0760. The molecule has 0 bridgehead atoms. The second kappa shape index (κ2) is 8.20. The van der Waals surface area contributed by atoms with Crippen molar-refractivity contribution < 1.29 is 58.7 Å². The molecule has 0 spiro atoms. The molecular weight excluding hydrogens is 423 g/mol. The van der Waals surface area contributed by atoms with Crippen molar-refractivity contribution in [2.45, 2.75) is 17.2 Å². The first kappa shape index (κ1) is 23.5. The topological polar surface area (TPSA) is 116 Å². The normalized spacial score (nSPS) is 14.6. The highest BCUT2D eigenvalue weighted by molar-refractivity contribution is 7.86. The molecule has 0 radical (unpaired) electrons. The number of esters is 2. The van der Waals surface area contributed by atoms with Gasteiger partial charge in [-0.1, -0.05) is 24.8 Å². The van der Waals surface area contributed by atoms with Gasteiger partial charge in [-0.05, 0) is 12.1 Å². The number of halogens is 5. The lowest BCUT2D eigenvalue weighted by atomic mass is 10.2. The Labute approximate surface area is 154 Å². The highest BCUT2D eigenvalue weighted by atomic mass is 32.2. The third kappa shape index (κ3) is 5.24. The van der Waals surface area contributed by atoms with Crippen molar-refractivity contribution in [3.8, 4) is 5.75 Å². The van der Waals surface area contributed by atoms with E-state index < -0.39 is 51.6 Å². The minimum Gasteiger partial charge on any atom is -0.421 e. The predicted molar refractivity (Wildman–Crippen MR) is 79.6 cm³/mol. The number of carbonyl (C=O) groups excluding carboxylic acids is 2. The fraction of sp³-hybridized carbons (Fsp3) is 0.286. The van der Waals surface area contributed by atoms with E-state index in [1.807, 2.05) is 0 Å². The van der Waals surface area contributed by atoms with Crippen LogP contribution in [0.25, 0.3) is 0 Å². The van der Waals surface area contributed by atoms with E-state index in [0.29, 0.717) is 0 Å². The molecule has 14 heteroatoms. The Balaban J connectivity index is 3.39. The zero-order chi connectivity index (χ0) is 21.8. The zero-order valence-electron chi connectivity index (χ0n) is 13.5. The lowest BCUT2D eigenvalue weighted by molar-refractivity contribution is -0.357. The summed E-state index contributed by atoms with van der Waals surface area (Å²) in [5.74, 6) is -9.76. The Hall–Kier alpha value is -2.58. The SMILES string of the molecule is C=CC(=O)OC(OCC(F)(F)S(=O)(=O)O)(C(=O)Oc1ccccc1)C(F)(F)F. The maximum atomic E-state index is 13.5. The molecule has 0 amide bonds. The van der Waals surface area contributed by atoms with Gasteiger partial charge in [0.1, 0.15) is 12.4 Å². The third-order valence-corrected chi connectivity index (χ3v) is 3.70. The molecule has 0 saturated heterocycles. The largest absolute Gasteiger partial charge is 0.468 e. The summed E-state index contributed by atoms with van der Waals surface area (Å²) in [4.78, 5) is 23.3. The number of alkyl halides is 5. The average molecular weight is 434 g/mol. The monoisotopic (exact) mass is 434 g/mol. The van der Waals surface area contributed by atoms with E-state index in [2.05, 4.69) is 20.8 Å². The molecule has 28 heavy (non-hydrogen) atoms. The van der Waals surface area contributed by atoms with E-state index in [9.17, 15) is 40.0 Å². The van der Waals surface area contributed by atoms with E-state index in [0.717, 1.165) is 12.1 Å². The van der Waals surface area contributed by atoms with E-state index in [1.54, 1.807) is 0 Å². The lowest BCUT2D eigenvalue weighted by Gasteiger charge is -2.32. The van der Waals surface area contributed by atoms with Gasteiger partial charge in [0.25, 0.3) is 0 Å². The fourth-order valence-electron chi connectivity index (χ4n) is 1.49. The van der Waals surface area contributed by atoms with Crippen molar-refractivity contribution in [1.82, 2.24) is 0 Å². The molecule has 0 heterocycles. The molecule has 1 N–H and O–H groups in total. The zero-order valence-corrected chi connectivity index (χ0v) is 14.3. The van der Waals surface area contributed by atoms with Gasteiger partial charge in [-0.15, -0.1) is 0 Å². The van der Waals surface area contributed by atoms with Crippen LogP contribution in [0.3, 0.4) is 0 Å². The highest BCUT2D eigenvalue weighted by Gasteiger charge is 2.69.